The van der Waals surface area contributed by atoms with Crippen LogP contribution in [0.5, 0.6) is 0 Å². The van der Waals surface area contributed by atoms with Gasteiger partial charge >= 0.3 is 0 Å². The Bertz CT molecular complexity index is 517. The van der Waals surface area contributed by atoms with Crippen LogP contribution in [0.25, 0.3) is 0 Å². The predicted octanol–water partition coefficient (Wildman–Crippen LogP) is 2.97. The van der Waals surface area contributed by atoms with Crippen LogP contribution in [-0.4, -0.2) is 14.5 Å². The molecule has 1 fully saturated rings. The molecule has 19 heavy (non-hydrogen) atoms. The predicted molar refractivity (Wildman–Crippen MR) is 68.2 cm³/mol. The van der Waals surface area contributed by atoms with Gasteiger partial charge in [-0.05, 0) is 25.0 Å². The molecule has 1 aliphatic carbocycles. The number of sulfonamides is 1. The van der Waals surface area contributed by atoms with Crippen LogP contribution in [0.15, 0.2) is 23.1 Å². The molecule has 1 aromatic carbocycles. The van der Waals surface area contributed by atoms with Crippen LogP contribution in [0.1, 0.15) is 38.5 Å². The van der Waals surface area contributed by atoms with Crippen LogP contribution in [0.4, 0.5) is 8.78 Å². The van der Waals surface area contributed by atoms with Crippen LogP contribution >= 0.6 is 0 Å². The minimum absolute atomic E-state index is 0.140. The standard InChI is InChI=1S/C13H17F2NO2S/c14-10-7-11(15)9-13(8-10)19(17,18)16-12-5-3-1-2-4-6-12/h7-9,12,16H,1-6H2. The normalized spacial score (nSPS) is 18.2. The van der Waals surface area contributed by atoms with Gasteiger partial charge in [0.25, 0.3) is 0 Å². The number of hydrogen-bond acceptors (Lipinski definition) is 2. The monoisotopic (exact) mass is 289 g/mol. The van der Waals surface area contributed by atoms with Gasteiger partial charge in [-0.3, -0.25) is 0 Å². The van der Waals surface area contributed by atoms with E-state index in [9.17, 15) is 17.2 Å². The molecule has 1 aliphatic rings. The quantitative estimate of drug-likeness (QED) is 0.870. The van der Waals surface area contributed by atoms with Crippen molar-refractivity contribution in [2.75, 3.05) is 0 Å². The molecule has 0 unspecified atom stereocenters. The summed E-state index contributed by atoms with van der Waals surface area (Å²) in [5.41, 5.74) is 0. The topological polar surface area (TPSA) is 46.2 Å². The fraction of sp³-hybridized carbons (Fsp3) is 0.538. The third-order valence-corrected chi connectivity index (χ3v) is 4.82. The summed E-state index contributed by atoms with van der Waals surface area (Å²) in [6.07, 6.45) is 5.71. The van der Waals surface area contributed by atoms with E-state index >= 15 is 0 Å². The van der Waals surface area contributed by atoms with Crippen molar-refractivity contribution in [1.82, 2.24) is 4.72 Å². The van der Waals surface area contributed by atoms with Gasteiger partial charge in [-0.1, -0.05) is 25.7 Å². The van der Waals surface area contributed by atoms with Gasteiger partial charge in [-0.2, -0.15) is 0 Å². The van der Waals surface area contributed by atoms with Gasteiger partial charge in [0.05, 0.1) is 4.90 Å². The lowest BCUT2D eigenvalue weighted by Crippen LogP contribution is -2.34. The van der Waals surface area contributed by atoms with E-state index in [-0.39, 0.29) is 10.9 Å². The first-order valence-electron chi connectivity index (χ1n) is 6.46. The zero-order valence-electron chi connectivity index (χ0n) is 10.5. The average Bonchev–Trinajstić information content (AvgIpc) is 2.55. The molecule has 0 amide bonds. The van der Waals surface area contributed by atoms with Crippen LogP contribution in [0.3, 0.4) is 0 Å². The van der Waals surface area contributed by atoms with Crippen molar-refractivity contribution in [1.29, 1.82) is 0 Å². The number of benzene rings is 1. The zero-order valence-corrected chi connectivity index (χ0v) is 11.3. The highest BCUT2D eigenvalue weighted by Crippen LogP contribution is 2.20. The van der Waals surface area contributed by atoms with Gasteiger partial charge < -0.3 is 0 Å². The SMILES string of the molecule is O=S(=O)(NC1CCCCCC1)c1cc(F)cc(F)c1. The molecule has 1 N–H and O–H groups in total. The molecule has 0 radical (unpaired) electrons. The Kier molecular flexibility index (Phi) is 4.52. The van der Waals surface area contributed by atoms with Gasteiger partial charge in [-0.25, -0.2) is 21.9 Å². The Morgan fingerprint density at radius 1 is 0.947 bits per heavy atom. The second-order valence-electron chi connectivity index (χ2n) is 4.91. The van der Waals surface area contributed by atoms with E-state index in [0.717, 1.165) is 50.7 Å². The summed E-state index contributed by atoms with van der Waals surface area (Å²) < 4.78 is 52.8. The van der Waals surface area contributed by atoms with E-state index < -0.39 is 21.7 Å². The molecule has 0 aliphatic heterocycles. The third-order valence-electron chi connectivity index (χ3n) is 3.32. The summed E-state index contributed by atoms with van der Waals surface area (Å²) in [5.74, 6) is -1.78. The lowest BCUT2D eigenvalue weighted by molar-refractivity contribution is 0.507. The lowest BCUT2D eigenvalue weighted by atomic mass is 10.1. The number of nitrogens with one attached hydrogen (secondary N) is 1. The molecule has 0 atom stereocenters. The Morgan fingerprint density at radius 3 is 2.00 bits per heavy atom. The summed E-state index contributed by atoms with van der Waals surface area (Å²) >= 11 is 0. The van der Waals surface area contributed by atoms with Crippen LogP contribution in [0, 0.1) is 11.6 Å². The Hall–Kier alpha value is -1.01. The second kappa shape index (κ2) is 5.96. The summed E-state index contributed by atoms with van der Waals surface area (Å²) in [4.78, 5) is -0.353. The van der Waals surface area contributed by atoms with Gasteiger partial charge in [0.1, 0.15) is 11.6 Å². The Morgan fingerprint density at radius 2 is 1.47 bits per heavy atom. The first-order valence-corrected chi connectivity index (χ1v) is 7.94. The van der Waals surface area contributed by atoms with E-state index in [4.69, 9.17) is 0 Å². The van der Waals surface area contributed by atoms with Crippen molar-refractivity contribution >= 4 is 10.0 Å². The zero-order chi connectivity index (χ0) is 13.9. The van der Waals surface area contributed by atoms with Crippen LogP contribution in [0.2, 0.25) is 0 Å². The van der Waals surface area contributed by atoms with Crippen molar-refractivity contribution in [2.24, 2.45) is 0 Å². The Labute approximate surface area is 112 Å². The highest BCUT2D eigenvalue weighted by molar-refractivity contribution is 7.89. The minimum Gasteiger partial charge on any atom is -0.208 e. The molecule has 6 heteroatoms. The van der Waals surface area contributed by atoms with E-state index in [1.165, 1.54) is 0 Å². The van der Waals surface area contributed by atoms with E-state index in [1.54, 1.807) is 0 Å². The second-order valence-corrected chi connectivity index (χ2v) is 6.63. The van der Waals surface area contributed by atoms with Crippen molar-refractivity contribution in [3.05, 3.63) is 29.8 Å². The average molecular weight is 289 g/mol. The number of hydrogen-bond donors (Lipinski definition) is 1. The van der Waals surface area contributed by atoms with Gasteiger partial charge in [0.15, 0.2) is 0 Å². The van der Waals surface area contributed by atoms with Crippen molar-refractivity contribution < 1.29 is 17.2 Å². The van der Waals surface area contributed by atoms with Gasteiger partial charge in [-0.15, -0.1) is 0 Å². The van der Waals surface area contributed by atoms with Crippen molar-refractivity contribution in [2.45, 2.75) is 49.5 Å². The van der Waals surface area contributed by atoms with Crippen molar-refractivity contribution in [3.8, 4) is 0 Å². The summed E-state index contributed by atoms with van der Waals surface area (Å²) in [5, 5.41) is 0. The smallest absolute Gasteiger partial charge is 0.208 e. The fourth-order valence-electron chi connectivity index (χ4n) is 2.37. The van der Waals surface area contributed by atoms with Crippen LogP contribution in [-0.2, 0) is 10.0 Å². The molecule has 0 saturated heterocycles. The highest BCUT2D eigenvalue weighted by Gasteiger charge is 2.22. The molecule has 3 nitrogen and oxygen atoms in total. The van der Waals surface area contributed by atoms with E-state index in [0.29, 0.717) is 6.07 Å². The maximum atomic E-state index is 13.1. The fourth-order valence-corrected chi connectivity index (χ4v) is 3.71. The molecule has 0 heterocycles. The van der Waals surface area contributed by atoms with Gasteiger partial charge in [0, 0.05) is 12.1 Å². The molecule has 0 spiro atoms. The molecular formula is C13H17F2NO2S. The maximum absolute atomic E-state index is 13.1. The van der Waals surface area contributed by atoms with Crippen LogP contribution < -0.4 is 4.72 Å². The molecule has 1 saturated carbocycles. The first-order chi connectivity index (χ1) is 8.97. The summed E-state index contributed by atoms with van der Waals surface area (Å²) in [6.45, 7) is 0. The molecule has 0 bridgehead atoms. The third kappa shape index (κ3) is 3.98. The lowest BCUT2D eigenvalue weighted by Gasteiger charge is -2.16. The maximum Gasteiger partial charge on any atom is 0.241 e. The highest BCUT2D eigenvalue weighted by atomic mass is 32.2. The summed E-state index contributed by atoms with van der Waals surface area (Å²) in [6, 6.07) is 2.19. The number of halogens is 2. The van der Waals surface area contributed by atoms with E-state index in [1.807, 2.05) is 0 Å². The molecule has 1 aromatic rings. The Balaban J connectivity index is 2.17. The van der Waals surface area contributed by atoms with Crippen molar-refractivity contribution in [3.63, 3.8) is 0 Å². The first kappa shape index (κ1) is 14.4. The molecule has 0 aromatic heterocycles. The summed E-state index contributed by atoms with van der Waals surface area (Å²) in [7, 11) is -3.85. The van der Waals surface area contributed by atoms with E-state index in [2.05, 4.69) is 4.72 Å². The minimum atomic E-state index is -3.85. The van der Waals surface area contributed by atoms with Gasteiger partial charge in [0.2, 0.25) is 10.0 Å². The molecule has 2 rings (SSSR count). The number of rotatable bonds is 3. The molecular weight excluding hydrogens is 272 g/mol. The largest absolute Gasteiger partial charge is 0.241 e. The molecule has 106 valence electrons.